The Hall–Kier alpha value is -2.59. The van der Waals surface area contributed by atoms with Crippen LogP contribution >= 0.6 is 23.1 Å². The lowest BCUT2D eigenvalue weighted by Gasteiger charge is -2.23. The van der Waals surface area contributed by atoms with Crippen molar-refractivity contribution in [3.8, 4) is 6.07 Å². The monoisotopic (exact) mass is 407 g/mol. The normalized spacial score (nSPS) is 11.8. The highest BCUT2D eigenvalue weighted by molar-refractivity contribution is 7.99. The molecule has 1 atom stereocenters. The zero-order valence-corrected chi connectivity index (χ0v) is 17.4. The summed E-state index contributed by atoms with van der Waals surface area (Å²) in [4.78, 5) is 17.9. The van der Waals surface area contributed by atoms with Crippen LogP contribution in [0.5, 0.6) is 0 Å². The summed E-state index contributed by atoms with van der Waals surface area (Å²) in [6.07, 6.45) is 0. The maximum atomic E-state index is 12.9. The molecule has 1 amide bonds. The van der Waals surface area contributed by atoms with Gasteiger partial charge >= 0.3 is 0 Å². The molecule has 4 nitrogen and oxygen atoms in total. The first kappa shape index (κ1) is 20.2. The van der Waals surface area contributed by atoms with Crippen LogP contribution in [-0.2, 0) is 0 Å². The molecule has 0 bridgehead atoms. The van der Waals surface area contributed by atoms with E-state index in [0.29, 0.717) is 17.7 Å². The van der Waals surface area contributed by atoms with E-state index in [1.54, 1.807) is 17.4 Å². The highest BCUT2D eigenvalue weighted by Gasteiger charge is 2.18. The number of nitrogens with zero attached hydrogens (tertiary/aromatic N) is 2. The van der Waals surface area contributed by atoms with Crippen LogP contribution in [0.15, 0.2) is 75.8 Å². The van der Waals surface area contributed by atoms with Gasteiger partial charge in [0.05, 0.1) is 17.2 Å². The lowest BCUT2D eigenvalue weighted by molar-refractivity contribution is 0.0939. The van der Waals surface area contributed by atoms with Gasteiger partial charge in [-0.05, 0) is 49.8 Å². The molecule has 0 aliphatic rings. The molecule has 3 aromatic rings. The van der Waals surface area contributed by atoms with E-state index in [2.05, 4.69) is 22.4 Å². The summed E-state index contributed by atoms with van der Waals surface area (Å²) in [5.41, 5.74) is 1.22. The van der Waals surface area contributed by atoms with Crippen molar-refractivity contribution in [2.45, 2.75) is 15.8 Å². The minimum Gasteiger partial charge on any atom is -0.350 e. The Labute approximate surface area is 173 Å². The number of likely N-dealkylation sites (N-methyl/N-ethyl adjacent to an activating group) is 1. The Morgan fingerprint density at radius 3 is 2.50 bits per heavy atom. The summed E-state index contributed by atoms with van der Waals surface area (Å²) in [5.74, 6) is -0.110. The standard InChI is InChI=1S/C22H21N3OS2/c1-25(2)18(21-12-7-13-27-21)15-24-22(26)17-9-4-6-11-20(17)28-19-10-5-3-8-16(19)14-23/h3-13,18H,15H2,1-2H3,(H,24,26)/t18-/m1/s1. The van der Waals surface area contributed by atoms with Crippen molar-refractivity contribution < 1.29 is 4.79 Å². The molecular weight excluding hydrogens is 386 g/mol. The zero-order valence-electron chi connectivity index (χ0n) is 15.8. The van der Waals surface area contributed by atoms with E-state index in [-0.39, 0.29) is 11.9 Å². The van der Waals surface area contributed by atoms with Gasteiger partial charge in [-0.25, -0.2) is 0 Å². The number of rotatable bonds is 7. The predicted octanol–water partition coefficient (Wildman–Crippen LogP) is 4.80. The average molecular weight is 408 g/mol. The van der Waals surface area contributed by atoms with Gasteiger partial charge in [-0.2, -0.15) is 5.26 Å². The maximum Gasteiger partial charge on any atom is 0.252 e. The Bertz CT molecular complexity index is 977. The molecule has 0 saturated heterocycles. The number of benzene rings is 2. The van der Waals surface area contributed by atoms with Crippen molar-refractivity contribution in [2.24, 2.45) is 0 Å². The van der Waals surface area contributed by atoms with Crippen LogP contribution in [0.2, 0.25) is 0 Å². The minimum absolute atomic E-state index is 0.110. The first-order chi connectivity index (χ1) is 13.6. The van der Waals surface area contributed by atoms with Gasteiger partial charge in [-0.15, -0.1) is 11.3 Å². The van der Waals surface area contributed by atoms with E-state index in [1.165, 1.54) is 16.6 Å². The topological polar surface area (TPSA) is 56.1 Å². The van der Waals surface area contributed by atoms with E-state index < -0.39 is 0 Å². The molecule has 142 valence electrons. The quantitative estimate of drug-likeness (QED) is 0.611. The summed E-state index contributed by atoms with van der Waals surface area (Å²) < 4.78 is 0. The Kier molecular flexibility index (Phi) is 6.88. The second-order valence-corrected chi connectivity index (χ2v) is 8.47. The van der Waals surface area contributed by atoms with Crippen LogP contribution in [0.1, 0.15) is 26.8 Å². The summed E-state index contributed by atoms with van der Waals surface area (Å²) in [6, 6.07) is 21.4. The van der Waals surface area contributed by atoms with Crippen molar-refractivity contribution in [3.63, 3.8) is 0 Å². The lowest BCUT2D eigenvalue weighted by Crippen LogP contribution is -2.34. The van der Waals surface area contributed by atoms with Gasteiger partial charge in [0.1, 0.15) is 6.07 Å². The van der Waals surface area contributed by atoms with Crippen LogP contribution in [0.3, 0.4) is 0 Å². The molecule has 1 N–H and O–H groups in total. The molecule has 0 unspecified atom stereocenters. The van der Waals surface area contributed by atoms with E-state index in [4.69, 9.17) is 0 Å². The number of thiophene rings is 1. The summed E-state index contributed by atoms with van der Waals surface area (Å²) in [7, 11) is 4.03. The molecule has 0 aliphatic heterocycles. The Balaban J connectivity index is 1.77. The fraction of sp³-hybridized carbons (Fsp3) is 0.182. The summed E-state index contributed by atoms with van der Waals surface area (Å²) in [5, 5.41) is 14.4. The van der Waals surface area contributed by atoms with Crippen molar-refractivity contribution in [2.75, 3.05) is 20.6 Å². The third-order valence-corrected chi connectivity index (χ3v) is 6.44. The van der Waals surface area contributed by atoms with Crippen LogP contribution < -0.4 is 5.32 Å². The number of amides is 1. The molecule has 1 aromatic heterocycles. The van der Waals surface area contributed by atoms with Gasteiger partial charge in [-0.1, -0.05) is 42.1 Å². The molecule has 1 heterocycles. The van der Waals surface area contributed by atoms with E-state index in [0.717, 1.165) is 9.79 Å². The predicted molar refractivity (Wildman–Crippen MR) is 115 cm³/mol. The molecule has 0 saturated carbocycles. The number of hydrogen-bond acceptors (Lipinski definition) is 5. The molecule has 6 heteroatoms. The highest BCUT2D eigenvalue weighted by atomic mass is 32.2. The SMILES string of the molecule is CN(C)[C@H](CNC(=O)c1ccccc1Sc1ccccc1C#N)c1cccs1. The minimum atomic E-state index is -0.110. The number of carbonyl (C=O) groups excluding carboxylic acids is 1. The Morgan fingerprint density at radius 1 is 1.11 bits per heavy atom. The van der Waals surface area contributed by atoms with Crippen LogP contribution in [0.4, 0.5) is 0 Å². The fourth-order valence-electron chi connectivity index (χ4n) is 2.81. The average Bonchev–Trinajstić information content (AvgIpc) is 3.23. The van der Waals surface area contributed by atoms with E-state index >= 15 is 0 Å². The molecule has 0 fully saturated rings. The van der Waals surface area contributed by atoms with E-state index in [1.807, 2.05) is 68.0 Å². The number of nitriles is 1. The van der Waals surface area contributed by atoms with Gasteiger partial charge in [-0.3, -0.25) is 4.79 Å². The maximum absolute atomic E-state index is 12.9. The molecule has 3 rings (SSSR count). The molecule has 0 spiro atoms. The van der Waals surface area contributed by atoms with Crippen molar-refractivity contribution >= 4 is 29.0 Å². The smallest absolute Gasteiger partial charge is 0.252 e. The first-order valence-electron chi connectivity index (χ1n) is 8.84. The third-order valence-electron chi connectivity index (χ3n) is 4.31. The van der Waals surface area contributed by atoms with Crippen LogP contribution in [-0.4, -0.2) is 31.4 Å². The third kappa shape index (κ3) is 4.82. The largest absolute Gasteiger partial charge is 0.350 e. The van der Waals surface area contributed by atoms with Crippen LogP contribution in [0.25, 0.3) is 0 Å². The number of carbonyl (C=O) groups is 1. The molecular formula is C22H21N3OS2. The zero-order chi connectivity index (χ0) is 19.9. The van der Waals surface area contributed by atoms with Crippen molar-refractivity contribution in [1.82, 2.24) is 10.2 Å². The molecule has 2 aromatic carbocycles. The van der Waals surface area contributed by atoms with Gasteiger partial charge in [0.25, 0.3) is 5.91 Å². The molecule has 28 heavy (non-hydrogen) atoms. The molecule has 0 radical (unpaired) electrons. The van der Waals surface area contributed by atoms with Crippen molar-refractivity contribution in [1.29, 1.82) is 5.26 Å². The molecule has 0 aliphatic carbocycles. The number of nitrogens with one attached hydrogen (secondary N) is 1. The van der Waals surface area contributed by atoms with E-state index in [9.17, 15) is 10.1 Å². The lowest BCUT2D eigenvalue weighted by atomic mass is 10.2. The summed E-state index contributed by atoms with van der Waals surface area (Å²) in [6.45, 7) is 0.528. The van der Waals surface area contributed by atoms with Crippen molar-refractivity contribution in [3.05, 3.63) is 82.0 Å². The van der Waals surface area contributed by atoms with Gasteiger partial charge in [0.2, 0.25) is 0 Å². The number of hydrogen-bond donors (Lipinski definition) is 1. The summed E-state index contributed by atoms with van der Waals surface area (Å²) >= 11 is 3.13. The first-order valence-corrected chi connectivity index (χ1v) is 10.5. The fourth-order valence-corrected chi connectivity index (χ4v) is 4.76. The van der Waals surface area contributed by atoms with Gasteiger partial charge < -0.3 is 10.2 Å². The van der Waals surface area contributed by atoms with Gasteiger partial charge in [0.15, 0.2) is 0 Å². The Morgan fingerprint density at radius 2 is 1.82 bits per heavy atom. The highest BCUT2D eigenvalue weighted by Crippen LogP contribution is 2.32. The second-order valence-electron chi connectivity index (χ2n) is 6.41. The van der Waals surface area contributed by atoms with Crippen LogP contribution in [0, 0.1) is 11.3 Å². The second kappa shape index (κ2) is 9.56. The van der Waals surface area contributed by atoms with Gasteiger partial charge in [0, 0.05) is 21.2 Å².